The number of benzene rings is 1. The molecule has 2 heterocycles. The normalized spacial score (nSPS) is 10.9. The van der Waals surface area contributed by atoms with Gasteiger partial charge in [0, 0.05) is 11.1 Å². The minimum atomic E-state index is 0.774. The highest BCUT2D eigenvalue weighted by Crippen LogP contribution is 2.23. The van der Waals surface area contributed by atoms with Gasteiger partial charge in [0.25, 0.3) is 0 Å². The van der Waals surface area contributed by atoms with Crippen molar-refractivity contribution in [2.75, 3.05) is 0 Å². The minimum absolute atomic E-state index is 0.774. The summed E-state index contributed by atoms with van der Waals surface area (Å²) < 4.78 is 1.76. The van der Waals surface area contributed by atoms with E-state index in [-0.39, 0.29) is 0 Å². The van der Waals surface area contributed by atoms with Crippen LogP contribution < -0.4 is 0 Å². The minimum Gasteiger partial charge on any atom is -0.246 e. The molecule has 1 aromatic carbocycles. The smallest absolute Gasteiger partial charge is 0.214 e. The maximum Gasteiger partial charge on any atom is 0.214 e. The number of nitrogens with zero attached hydrogens (tertiary/aromatic N) is 5. The molecule has 0 saturated heterocycles. The Morgan fingerprint density at radius 2 is 2.20 bits per heavy atom. The molecule has 0 aliphatic heterocycles. The molecule has 0 saturated carbocycles. The molecule has 7 heteroatoms. The lowest BCUT2D eigenvalue weighted by molar-refractivity contribution is 0.755. The summed E-state index contributed by atoms with van der Waals surface area (Å²) in [7, 11) is 0. The zero-order valence-corrected chi connectivity index (χ0v) is 12.8. The second-order valence-corrected chi connectivity index (χ2v) is 6.36. The molecule has 0 radical (unpaired) electrons. The van der Waals surface area contributed by atoms with E-state index in [1.807, 2.05) is 19.1 Å². The van der Waals surface area contributed by atoms with Crippen molar-refractivity contribution in [3.63, 3.8) is 0 Å². The van der Waals surface area contributed by atoms with Crippen molar-refractivity contribution in [1.29, 1.82) is 0 Å². The summed E-state index contributed by atoms with van der Waals surface area (Å²) in [6.07, 6.45) is 0. The standard InChI is InChI=1S/C13H13N5S2/c1-9-4-3-5-12(6-9)18-13(15-16-17-18)20-8-11-7-19-10(2)14-11/h3-7H,8H2,1-2H3. The fraction of sp³-hybridized carbons (Fsp3) is 0.231. The lowest BCUT2D eigenvalue weighted by atomic mass is 10.2. The summed E-state index contributed by atoms with van der Waals surface area (Å²) >= 11 is 3.25. The van der Waals surface area contributed by atoms with Crippen LogP contribution in [0.5, 0.6) is 0 Å². The van der Waals surface area contributed by atoms with Crippen LogP contribution in [0.2, 0.25) is 0 Å². The Balaban J connectivity index is 1.80. The van der Waals surface area contributed by atoms with E-state index in [0.717, 1.165) is 27.3 Å². The highest BCUT2D eigenvalue weighted by Gasteiger charge is 2.10. The van der Waals surface area contributed by atoms with Gasteiger partial charge in [-0.2, -0.15) is 4.68 Å². The van der Waals surface area contributed by atoms with Gasteiger partial charge in [0.05, 0.1) is 16.4 Å². The first-order chi connectivity index (χ1) is 9.72. The van der Waals surface area contributed by atoms with Gasteiger partial charge in [-0.1, -0.05) is 23.9 Å². The van der Waals surface area contributed by atoms with E-state index >= 15 is 0 Å². The number of hydrogen-bond donors (Lipinski definition) is 0. The van der Waals surface area contributed by atoms with E-state index in [1.54, 1.807) is 27.8 Å². The first-order valence-electron chi connectivity index (χ1n) is 6.11. The van der Waals surface area contributed by atoms with E-state index in [9.17, 15) is 0 Å². The lowest BCUT2D eigenvalue weighted by Gasteiger charge is -2.04. The molecule has 2 aromatic heterocycles. The van der Waals surface area contributed by atoms with Gasteiger partial charge in [-0.15, -0.1) is 16.4 Å². The molecule has 5 nitrogen and oxygen atoms in total. The average Bonchev–Trinajstić information content (AvgIpc) is 3.05. The Hall–Kier alpha value is -1.73. The topological polar surface area (TPSA) is 56.5 Å². The lowest BCUT2D eigenvalue weighted by Crippen LogP contribution is -1.99. The molecule has 0 aliphatic rings. The Labute approximate surface area is 125 Å². The molecule has 0 unspecified atom stereocenters. The van der Waals surface area contributed by atoms with Crippen LogP contribution in [0.4, 0.5) is 0 Å². The number of thioether (sulfide) groups is 1. The Morgan fingerprint density at radius 3 is 2.95 bits per heavy atom. The summed E-state index contributed by atoms with van der Waals surface area (Å²) in [6, 6.07) is 8.12. The quantitative estimate of drug-likeness (QED) is 0.693. The fourth-order valence-electron chi connectivity index (χ4n) is 1.80. The van der Waals surface area contributed by atoms with Gasteiger partial charge >= 0.3 is 0 Å². The molecule has 0 aliphatic carbocycles. The molecule has 0 bridgehead atoms. The van der Waals surface area contributed by atoms with Crippen LogP contribution >= 0.6 is 23.1 Å². The number of rotatable bonds is 4. The monoisotopic (exact) mass is 303 g/mol. The van der Waals surface area contributed by atoms with Gasteiger partial charge in [0.1, 0.15) is 0 Å². The van der Waals surface area contributed by atoms with Crippen LogP contribution in [0.25, 0.3) is 5.69 Å². The van der Waals surface area contributed by atoms with E-state index < -0.39 is 0 Å². The predicted octanol–water partition coefficient (Wildman–Crippen LogP) is 3.03. The molecule has 0 N–H and O–H groups in total. The molecule has 3 rings (SSSR count). The van der Waals surface area contributed by atoms with E-state index in [2.05, 4.69) is 44.9 Å². The zero-order chi connectivity index (χ0) is 13.9. The van der Waals surface area contributed by atoms with Gasteiger partial charge in [-0.05, 0) is 42.0 Å². The SMILES string of the molecule is Cc1cccc(-n2nnnc2SCc2csc(C)n2)c1. The van der Waals surface area contributed by atoms with Crippen LogP contribution in [0.15, 0.2) is 34.8 Å². The van der Waals surface area contributed by atoms with Gasteiger partial charge in [-0.3, -0.25) is 0 Å². The number of thiazole rings is 1. The summed E-state index contributed by atoms with van der Waals surface area (Å²) in [5.41, 5.74) is 3.23. The van der Waals surface area contributed by atoms with Crippen molar-refractivity contribution < 1.29 is 0 Å². The van der Waals surface area contributed by atoms with Crippen molar-refractivity contribution in [2.24, 2.45) is 0 Å². The summed E-state index contributed by atoms with van der Waals surface area (Å²) in [5.74, 6) is 0.774. The molecule has 102 valence electrons. The third kappa shape index (κ3) is 2.88. The summed E-state index contributed by atoms with van der Waals surface area (Å²) in [4.78, 5) is 4.45. The van der Waals surface area contributed by atoms with E-state index in [4.69, 9.17) is 0 Å². The highest BCUT2D eigenvalue weighted by molar-refractivity contribution is 7.98. The third-order valence-corrected chi connectivity index (χ3v) is 4.48. The van der Waals surface area contributed by atoms with Crippen LogP contribution in [-0.2, 0) is 5.75 Å². The molecule has 20 heavy (non-hydrogen) atoms. The summed E-state index contributed by atoms with van der Waals surface area (Å²) in [6.45, 7) is 4.06. The molecule has 0 atom stereocenters. The van der Waals surface area contributed by atoms with Gasteiger partial charge < -0.3 is 0 Å². The molecular formula is C13H13N5S2. The van der Waals surface area contributed by atoms with E-state index in [0.29, 0.717) is 0 Å². The van der Waals surface area contributed by atoms with Crippen molar-refractivity contribution in [3.05, 3.63) is 45.9 Å². The van der Waals surface area contributed by atoms with Crippen molar-refractivity contribution in [3.8, 4) is 5.69 Å². The number of aryl methyl sites for hydroxylation is 2. The maximum atomic E-state index is 4.45. The first-order valence-corrected chi connectivity index (χ1v) is 7.98. The highest BCUT2D eigenvalue weighted by atomic mass is 32.2. The molecule has 3 aromatic rings. The van der Waals surface area contributed by atoms with Crippen molar-refractivity contribution in [1.82, 2.24) is 25.2 Å². The Kier molecular flexibility index (Phi) is 3.79. The maximum absolute atomic E-state index is 4.45. The second kappa shape index (κ2) is 5.72. The third-order valence-electron chi connectivity index (χ3n) is 2.70. The molecule has 0 amide bonds. The number of tetrazole rings is 1. The largest absolute Gasteiger partial charge is 0.246 e. The number of hydrogen-bond acceptors (Lipinski definition) is 6. The summed E-state index contributed by atoms with van der Waals surface area (Å²) in [5, 5.41) is 15.9. The molecular weight excluding hydrogens is 290 g/mol. The van der Waals surface area contributed by atoms with Gasteiger partial charge in [0.2, 0.25) is 5.16 Å². The van der Waals surface area contributed by atoms with Gasteiger partial charge in [-0.25, -0.2) is 4.98 Å². The van der Waals surface area contributed by atoms with Crippen LogP contribution in [0.3, 0.4) is 0 Å². The van der Waals surface area contributed by atoms with E-state index in [1.165, 1.54) is 5.56 Å². The first kappa shape index (κ1) is 13.3. The van der Waals surface area contributed by atoms with Gasteiger partial charge in [0.15, 0.2) is 0 Å². The predicted molar refractivity (Wildman–Crippen MR) is 80.3 cm³/mol. The second-order valence-electron chi connectivity index (χ2n) is 4.36. The average molecular weight is 303 g/mol. The number of aromatic nitrogens is 5. The molecule has 0 spiro atoms. The van der Waals surface area contributed by atoms with Crippen molar-refractivity contribution in [2.45, 2.75) is 24.8 Å². The van der Waals surface area contributed by atoms with Crippen LogP contribution in [0.1, 0.15) is 16.3 Å². The van der Waals surface area contributed by atoms with Crippen molar-refractivity contribution >= 4 is 23.1 Å². The Bertz CT molecular complexity index is 719. The zero-order valence-electron chi connectivity index (χ0n) is 11.1. The Morgan fingerprint density at radius 1 is 1.30 bits per heavy atom. The van der Waals surface area contributed by atoms with Crippen LogP contribution in [-0.4, -0.2) is 25.2 Å². The molecule has 0 fully saturated rings. The fourth-order valence-corrected chi connectivity index (χ4v) is 3.31. The van der Waals surface area contributed by atoms with Crippen LogP contribution in [0, 0.1) is 13.8 Å².